The molecule has 3 aromatic heterocycles. The SMILES string of the molecule is Cc1ccc(NC(=O)c2ccnc(C3(C#N)CC3)c2)cc1-c1cccc(-c2cc(NC(=O)C3CC3)ncn2)n1. The average Bonchev–Trinajstić information content (AvgIpc) is 3.89. The van der Waals surface area contributed by atoms with Crippen molar-refractivity contribution in [3.8, 4) is 28.7 Å². The standard InChI is InChI=1S/C30H25N7O2/c1-18-5-8-21(35-29(39)20-9-12-32-26(13-20)30(16-31)10-11-30)14-22(18)23-3-2-4-24(36-23)25-15-27(34-17-33-25)37-28(38)19-6-7-19/h2-5,8-9,12-15,17,19H,6-7,10-11H2,1H3,(H,35,39)(H,33,34,37,38). The molecule has 192 valence electrons. The van der Waals surface area contributed by atoms with Crippen LogP contribution in [0, 0.1) is 24.2 Å². The zero-order valence-corrected chi connectivity index (χ0v) is 21.3. The number of amides is 2. The van der Waals surface area contributed by atoms with Gasteiger partial charge in [-0.3, -0.25) is 14.6 Å². The van der Waals surface area contributed by atoms with Gasteiger partial charge in [0, 0.05) is 35.0 Å². The van der Waals surface area contributed by atoms with Gasteiger partial charge in [0.25, 0.3) is 5.91 Å². The first-order chi connectivity index (χ1) is 18.9. The Kier molecular flexibility index (Phi) is 6.08. The Morgan fingerprint density at radius 2 is 1.77 bits per heavy atom. The number of aromatic nitrogens is 4. The van der Waals surface area contributed by atoms with Crippen LogP contribution in [-0.4, -0.2) is 31.8 Å². The van der Waals surface area contributed by atoms with E-state index in [1.165, 1.54) is 6.33 Å². The molecule has 2 saturated carbocycles. The number of nitrogens with zero attached hydrogens (tertiary/aromatic N) is 5. The number of anilines is 2. The van der Waals surface area contributed by atoms with Gasteiger partial charge in [0.15, 0.2) is 0 Å². The Balaban J connectivity index is 1.23. The van der Waals surface area contributed by atoms with Gasteiger partial charge in [-0.15, -0.1) is 0 Å². The molecule has 6 rings (SSSR count). The Labute approximate surface area is 225 Å². The number of nitrogens with one attached hydrogen (secondary N) is 2. The molecule has 2 amide bonds. The van der Waals surface area contributed by atoms with Gasteiger partial charge in [-0.2, -0.15) is 5.26 Å². The lowest BCUT2D eigenvalue weighted by Gasteiger charge is -2.12. The van der Waals surface area contributed by atoms with Crippen molar-refractivity contribution in [2.75, 3.05) is 10.6 Å². The number of benzene rings is 1. The fourth-order valence-electron chi connectivity index (χ4n) is 4.43. The van der Waals surface area contributed by atoms with Gasteiger partial charge >= 0.3 is 0 Å². The maximum atomic E-state index is 13.0. The summed E-state index contributed by atoms with van der Waals surface area (Å²) in [5.41, 5.74) is 4.98. The summed E-state index contributed by atoms with van der Waals surface area (Å²) in [5, 5.41) is 15.3. The molecule has 0 atom stereocenters. The molecular formula is C30H25N7O2. The predicted octanol–water partition coefficient (Wildman–Crippen LogP) is 5.07. The van der Waals surface area contributed by atoms with Crippen molar-refractivity contribution >= 4 is 23.3 Å². The topological polar surface area (TPSA) is 134 Å². The highest BCUT2D eigenvalue weighted by Gasteiger charge is 2.46. The molecule has 39 heavy (non-hydrogen) atoms. The molecule has 3 heterocycles. The van der Waals surface area contributed by atoms with Gasteiger partial charge in [-0.1, -0.05) is 12.1 Å². The van der Waals surface area contributed by atoms with Gasteiger partial charge in [-0.25, -0.2) is 15.0 Å². The van der Waals surface area contributed by atoms with E-state index in [1.807, 2.05) is 43.3 Å². The summed E-state index contributed by atoms with van der Waals surface area (Å²) in [7, 11) is 0. The van der Waals surface area contributed by atoms with E-state index in [-0.39, 0.29) is 17.7 Å². The summed E-state index contributed by atoms with van der Waals surface area (Å²) < 4.78 is 0. The molecular weight excluding hydrogens is 490 g/mol. The van der Waals surface area contributed by atoms with Crippen LogP contribution >= 0.6 is 0 Å². The molecule has 9 nitrogen and oxygen atoms in total. The molecule has 9 heteroatoms. The normalized spacial score (nSPS) is 15.2. The number of aryl methyl sites for hydroxylation is 1. The molecule has 4 aromatic rings. The summed E-state index contributed by atoms with van der Waals surface area (Å²) >= 11 is 0. The lowest BCUT2D eigenvalue weighted by atomic mass is 10.0. The van der Waals surface area contributed by atoms with E-state index in [0.717, 1.165) is 42.5 Å². The number of hydrogen-bond acceptors (Lipinski definition) is 7. The molecule has 0 unspecified atom stereocenters. The van der Waals surface area contributed by atoms with Crippen LogP contribution in [-0.2, 0) is 10.2 Å². The summed E-state index contributed by atoms with van der Waals surface area (Å²) in [5.74, 6) is 0.238. The minimum absolute atomic E-state index is 0.0176. The van der Waals surface area contributed by atoms with Crippen LogP contribution in [0.1, 0.15) is 47.3 Å². The summed E-state index contributed by atoms with van der Waals surface area (Å²) in [4.78, 5) is 42.9. The van der Waals surface area contributed by atoms with Crippen molar-refractivity contribution in [1.82, 2.24) is 19.9 Å². The largest absolute Gasteiger partial charge is 0.322 e. The predicted molar refractivity (Wildman–Crippen MR) is 146 cm³/mol. The smallest absolute Gasteiger partial charge is 0.255 e. The highest BCUT2D eigenvalue weighted by molar-refractivity contribution is 6.04. The third-order valence-corrected chi connectivity index (χ3v) is 7.13. The number of hydrogen-bond donors (Lipinski definition) is 2. The molecule has 2 aliphatic rings. The van der Waals surface area contributed by atoms with E-state index in [0.29, 0.717) is 34.2 Å². The van der Waals surface area contributed by atoms with E-state index in [9.17, 15) is 14.9 Å². The van der Waals surface area contributed by atoms with Crippen molar-refractivity contribution in [3.05, 3.63) is 83.9 Å². The minimum atomic E-state index is -0.558. The van der Waals surface area contributed by atoms with E-state index in [1.54, 1.807) is 24.4 Å². The van der Waals surface area contributed by atoms with Crippen molar-refractivity contribution < 1.29 is 9.59 Å². The third-order valence-electron chi connectivity index (χ3n) is 7.13. The molecule has 2 aliphatic carbocycles. The van der Waals surface area contributed by atoms with Gasteiger partial charge in [0.05, 0.1) is 34.3 Å². The summed E-state index contributed by atoms with van der Waals surface area (Å²) in [6, 6.07) is 18.7. The number of pyridine rings is 2. The van der Waals surface area contributed by atoms with Crippen LogP contribution in [0.15, 0.2) is 67.1 Å². The Morgan fingerprint density at radius 1 is 0.949 bits per heavy atom. The summed E-state index contributed by atoms with van der Waals surface area (Å²) in [6.45, 7) is 1.98. The fraction of sp³-hybridized carbons (Fsp3) is 0.233. The van der Waals surface area contributed by atoms with E-state index in [2.05, 4.69) is 31.7 Å². The second-order valence-electron chi connectivity index (χ2n) is 10.1. The number of rotatable bonds is 7. The van der Waals surface area contributed by atoms with Crippen LogP contribution in [0.4, 0.5) is 11.5 Å². The molecule has 1 aromatic carbocycles. The number of nitriles is 1. The van der Waals surface area contributed by atoms with Crippen LogP contribution in [0.5, 0.6) is 0 Å². The Bertz CT molecular complexity index is 1650. The monoisotopic (exact) mass is 515 g/mol. The van der Waals surface area contributed by atoms with Crippen molar-refractivity contribution in [2.45, 2.75) is 38.0 Å². The first-order valence-corrected chi connectivity index (χ1v) is 12.8. The minimum Gasteiger partial charge on any atom is -0.322 e. The first-order valence-electron chi connectivity index (χ1n) is 12.8. The zero-order chi connectivity index (χ0) is 27.0. The van der Waals surface area contributed by atoms with Gasteiger partial charge in [0.1, 0.15) is 12.1 Å². The highest BCUT2D eigenvalue weighted by Crippen LogP contribution is 2.46. The molecule has 0 saturated heterocycles. The van der Waals surface area contributed by atoms with E-state index < -0.39 is 5.41 Å². The van der Waals surface area contributed by atoms with Crippen LogP contribution in [0.2, 0.25) is 0 Å². The molecule has 0 bridgehead atoms. The number of carbonyl (C=O) groups excluding carboxylic acids is 2. The van der Waals surface area contributed by atoms with Gasteiger partial charge in [0.2, 0.25) is 5.91 Å². The highest BCUT2D eigenvalue weighted by atomic mass is 16.2. The van der Waals surface area contributed by atoms with Crippen LogP contribution in [0.25, 0.3) is 22.6 Å². The maximum Gasteiger partial charge on any atom is 0.255 e. The second-order valence-corrected chi connectivity index (χ2v) is 10.1. The average molecular weight is 516 g/mol. The van der Waals surface area contributed by atoms with Crippen molar-refractivity contribution in [3.63, 3.8) is 0 Å². The maximum absolute atomic E-state index is 13.0. The molecule has 0 spiro atoms. The molecule has 0 aliphatic heterocycles. The quantitative estimate of drug-likeness (QED) is 0.351. The van der Waals surface area contributed by atoms with E-state index >= 15 is 0 Å². The fourth-order valence-corrected chi connectivity index (χ4v) is 4.43. The van der Waals surface area contributed by atoms with Gasteiger partial charge < -0.3 is 10.6 Å². The van der Waals surface area contributed by atoms with Crippen LogP contribution < -0.4 is 10.6 Å². The third kappa shape index (κ3) is 5.09. The van der Waals surface area contributed by atoms with E-state index in [4.69, 9.17) is 4.98 Å². The van der Waals surface area contributed by atoms with Crippen LogP contribution in [0.3, 0.4) is 0 Å². The van der Waals surface area contributed by atoms with Crippen molar-refractivity contribution in [2.24, 2.45) is 5.92 Å². The lowest BCUT2D eigenvalue weighted by molar-refractivity contribution is -0.117. The second kappa shape index (κ2) is 9.72. The Morgan fingerprint density at radius 3 is 2.54 bits per heavy atom. The zero-order valence-electron chi connectivity index (χ0n) is 21.3. The first kappa shape index (κ1) is 24.4. The molecule has 2 fully saturated rings. The Hall–Kier alpha value is -4.97. The van der Waals surface area contributed by atoms with Gasteiger partial charge in [-0.05, 0) is 74.6 Å². The lowest BCUT2D eigenvalue weighted by Crippen LogP contribution is -2.14. The number of carbonyl (C=O) groups is 2. The summed E-state index contributed by atoms with van der Waals surface area (Å²) in [6.07, 6.45) is 6.35. The van der Waals surface area contributed by atoms with Crippen molar-refractivity contribution in [1.29, 1.82) is 5.26 Å². The molecule has 2 N–H and O–H groups in total. The molecule has 0 radical (unpaired) electrons.